The van der Waals surface area contributed by atoms with Crippen LogP contribution in [0.15, 0.2) is 53.6 Å². The fourth-order valence-corrected chi connectivity index (χ4v) is 1.90. The first-order valence-corrected chi connectivity index (χ1v) is 7.48. The Bertz CT molecular complexity index is 816. The van der Waals surface area contributed by atoms with Crippen LogP contribution in [0.5, 0.6) is 5.75 Å². The Kier molecular flexibility index (Phi) is 6.38. The first-order chi connectivity index (χ1) is 12.5. The van der Waals surface area contributed by atoms with Crippen LogP contribution in [0.25, 0.3) is 0 Å². The highest BCUT2D eigenvalue weighted by Gasteiger charge is 2.12. The van der Waals surface area contributed by atoms with Crippen LogP contribution in [-0.2, 0) is 16.1 Å². The monoisotopic (exact) mass is 356 g/mol. The van der Waals surface area contributed by atoms with Crippen molar-refractivity contribution < 1.29 is 19.2 Å². The summed E-state index contributed by atoms with van der Waals surface area (Å²) in [5, 5.41) is 16.7. The van der Waals surface area contributed by atoms with Gasteiger partial charge in [0.25, 0.3) is 5.69 Å². The maximum Gasteiger partial charge on any atom is 0.329 e. The van der Waals surface area contributed by atoms with Crippen molar-refractivity contribution in [3.8, 4) is 5.75 Å². The van der Waals surface area contributed by atoms with Crippen molar-refractivity contribution in [2.45, 2.75) is 6.54 Å². The smallest absolute Gasteiger partial charge is 0.329 e. The predicted molar refractivity (Wildman–Crippen MR) is 93.7 cm³/mol. The average molecular weight is 356 g/mol. The van der Waals surface area contributed by atoms with Crippen LogP contribution in [0.4, 0.5) is 5.69 Å². The highest BCUT2D eigenvalue weighted by Crippen LogP contribution is 2.11. The van der Waals surface area contributed by atoms with Gasteiger partial charge >= 0.3 is 11.8 Å². The maximum atomic E-state index is 11.7. The van der Waals surface area contributed by atoms with E-state index in [0.29, 0.717) is 11.3 Å². The van der Waals surface area contributed by atoms with Gasteiger partial charge in [-0.3, -0.25) is 19.7 Å². The summed E-state index contributed by atoms with van der Waals surface area (Å²) in [7, 11) is 1.55. The van der Waals surface area contributed by atoms with E-state index in [2.05, 4.69) is 15.8 Å². The van der Waals surface area contributed by atoms with E-state index in [1.165, 1.54) is 30.5 Å². The third-order valence-corrected chi connectivity index (χ3v) is 3.30. The van der Waals surface area contributed by atoms with Gasteiger partial charge in [0.15, 0.2) is 0 Å². The molecule has 2 amide bonds. The molecular weight excluding hydrogens is 340 g/mol. The van der Waals surface area contributed by atoms with Crippen molar-refractivity contribution in [1.82, 2.24) is 10.7 Å². The Labute approximate surface area is 148 Å². The summed E-state index contributed by atoms with van der Waals surface area (Å²) in [5.41, 5.74) is 3.38. The van der Waals surface area contributed by atoms with E-state index < -0.39 is 16.7 Å². The van der Waals surface area contributed by atoms with Crippen LogP contribution in [0.3, 0.4) is 0 Å². The van der Waals surface area contributed by atoms with Crippen LogP contribution in [0, 0.1) is 10.1 Å². The van der Waals surface area contributed by atoms with Gasteiger partial charge in [0, 0.05) is 18.7 Å². The number of methoxy groups -OCH3 is 1. The molecule has 0 aromatic heterocycles. The third kappa shape index (κ3) is 5.41. The number of carbonyl (C=O) groups is 2. The van der Waals surface area contributed by atoms with E-state index in [0.717, 1.165) is 5.56 Å². The summed E-state index contributed by atoms with van der Waals surface area (Å²) in [4.78, 5) is 33.4. The minimum Gasteiger partial charge on any atom is -0.497 e. The Morgan fingerprint density at radius 3 is 2.35 bits per heavy atom. The lowest BCUT2D eigenvalue weighted by Crippen LogP contribution is -2.37. The van der Waals surface area contributed by atoms with E-state index in [-0.39, 0.29) is 12.2 Å². The van der Waals surface area contributed by atoms with Crippen molar-refractivity contribution >= 4 is 23.7 Å². The summed E-state index contributed by atoms with van der Waals surface area (Å²) in [5.74, 6) is -1.06. The molecule has 0 saturated carbocycles. The number of rotatable bonds is 6. The molecule has 0 aliphatic rings. The molecule has 0 fully saturated rings. The van der Waals surface area contributed by atoms with Crippen molar-refractivity contribution in [1.29, 1.82) is 0 Å². The normalized spacial score (nSPS) is 10.3. The summed E-state index contributed by atoms with van der Waals surface area (Å²) < 4.78 is 5.03. The molecule has 9 heteroatoms. The lowest BCUT2D eigenvalue weighted by Gasteiger charge is -2.05. The van der Waals surface area contributed by atoms with Crippen LogP contribution in [0.1, 0.15) is 11.1 Å². The lowest BCUT2D eigenvalue weighted by molar-refractivity contribution is -0.384. The van der Waals surface area contributed by atoms with Gasteiger partial charge in [0.1, 0.15) is 5.75 Å². The van der Waals surface area contributed by atoms with Gasteiger partial charge in [0.2, 0.25) is 0 Å². The van der Waals surface area contributed by atoms with Crippen LogP contribution < -0.4 is 15.5 Å². The Morgan fingerprint density at radius 2 is 1.77 bits per heavy atom. The molecule has 0 aliphatic heterocycles. The van der Waals surface area contributed by atoms with Crippen LogP contribution in [-0.4, -0.2) is 30.1 Å². The first-order valence-electron chi connectivity index (χ1n) is 7.48. The maximum absolute atomic E-state index is 11.7. The van der Waals surface area contributed by atoms with E-state index in [1.807, 2.05) is 0 Å². The molecule has 0 spiro atoms. The minimum atomic E-state index is -0.920. The first kappa shape index (κ1) is 18.6. The number of non-ortho nitro benzene ring substituents is 1. The Morgan fingerprint density at radius 1 is 1.12 bits per heavy atom. The zero-order chi connectivity index (χ0) is 18.9. The van der Waals surface area contributed by atoms with E-state index in [4.69, 9.17) is 4.74 Å². The number of nitro groups is 1. The van der Waals surface area contributed by atoms with Gasteiger partial charge in [-0.1, -0.05) is 12.1 Å². The van der Waals surface area contributed by atoms with Crippen molar-refractivity contribution in [2.24, 2.45) is 5.10 Å². The van der Waals surface area contributed by atoms with Gasteiger partial charge in [-0.15, -0.1) is 0 Å². The number of hydrogen-bond acceptors (Lipinski definition) is 6. The molecule has 2 aromatic carbocycles. The zero-order valence-corrected chi connectivity index (χ0v) is 13.8. The molecule has 2 rings (SSSR count). The molecule has 0 bridgehead atoms. The van der Waals surface area contributed by atoms with Gasteiger partial charge < -0.3 is 10.1 Å². The molecule has 0 radical (unpaired) electrons. The summed E-state index contributed by atoms with van der Waals surface area (Å²) in [6, 6.07) is 12.6. The molecule has 0 saturated heterocycles. The number of hydrogen-bond donors (Lipinski definition) is 2. The molecule has 26 heavy (non-hydrogen) atoms. The standard InChI is InChI=1S/C17H16N4O5/c1-26-15-8-4-12(5-9-15)10-18-16(22)17(23)20-19-11-13-2-6-14(7-3-13)21(24)25/h2-9,11H,10H2,1H3,(H,18,22)(H,20,23)/b19-11+. The number of benzene rings is 2. The molecule has 0 aliphatic carbocycles. The summed E-state index contributed by atoms with van der Waals surface area (Å²) in [6.45, 7) is 0.183. The molecule has 0 atom stereocenters. The second-order valence-electron chi connectivity index (χ2n) is 5.08. The average Bonchev–Trinajstić information content (AvgIpc) is 2.66. The van der Waals surface area contributed by atoms with Gasteiger partial charge in [-0.2, -0.15) is 5.10 Å². The van der Waals surface area contributed by atoms with Crippen molar-refractivity contribution in [2.75, 3.05) is 7.11 Å². The molecule has 2 aromatic rings. The zero-order valence-electron chi connectivity index (χ0n) is 13.8. The minimum absolute atomic E-state index is 0.0518. The summed E-state index contributed by atoms with van der Waals surface area (Å²) in [6.07, 6.45) is 1.28. The highest BCUT2D eigenvalue weighted by atomic mass is 16.6. The fraction of sp³-hybridized carbons (Fsp3) is 0.118. The van der Waals surface area contributed by atoms with Crippen LogP contribution >= 0.6 is 0 Å². The molecule has 0 heterocycles. The third-order valence-electron chi connectivity index (χ3n) is 3.30. The molecule has 2 N–H and O–H groups in total. The largest absolute Gasteiger partial charge is 0.497 e. The molecule has 0 unspecified atom stereocenters. The fourth-order valence-electron chi connectivity index (χ4n) is 1.90. The highest BCUT2D eigenvalue weighted by molar-refractivity contribution is 6.35. The molecule has 9 nitrogen and oxygen atoms in total. The van der Waals surface area contributed by atoms with Gasteiger partial charge in [-0.05, 0) is 35.4 Å². The van der Waals surface area contributed by atoms with E-state index in [1.54, 1.807) is 31.4 Å². The Hall–Kier alpha value is -3.75. The molecular formula is C17H16N4O5. The quantitative estimate of drug-likeness (QED) is 0.350. The van der Waals surface area contributed by atoms with Crippen molar-refractivity contribution in [3.63, 3.8) is 0 Å². The second kappa shape index (κ2) is 8.92. The van der Waals surface area contributed by atoms with E-state index >= 15 is 0 Å². The number of amides is 2. The van der Waals surface area contributed by atoms with Gasteiger partial charge in [-0.25, -0.2) is 5.43 Å². The number of nitrogens with one attached hydrogen (secondary N) is 2. The predicted octanol–water partition coefficient (Wildman–Crippen LogP) is 1.37. The van der Waals surface area contributed by atoms with Gasteiger partial charge in [0.05, 0.1) is 18.2 Å². The van der Waals surface area contributed by atoms with Crippen LogP contribution in [0.2, 0.25) is 0 Å². The summed E-state index contributed by atoms with van der Waals surface area (Å²) >= 11 is 0. The lowest BCUT2D eigenvalue weighted by atomic mass is 10.2. The van der Waals surface area contributed by atoms with Crippen molar-refractivity contribution in [3.05, 3.63) is 69.8 Å². The molecule has 134 valence electrons. The second-order valence-corrected chi connectivity index (χ2v) is 5.08. The van der Waals surface area contributed by atoms with E-state index in [9.17, 15) is 19.7 Å². The topological polar surface area (TPSA) is 123 Å². The SMILES string of the molecule is COc1ccc(CNC(=O)C(=O)N/N=C/c2ccc([N+](=O)[O-])cc2)cc1. The number of ether oxygens (including phenoxy) is 1. The Balaban J connectivity index is 1.80. The number of nitrogens with zero attached hydrogens (tertiary/aromatic N) is 2. The number of carbonyl (C=O) groups excluding carboxylic acids is 2. The number of nitro benzene ring substituents is 1. The number of hydrazone groups is 1.